The minimum absolute atomic E-state index is 0.231. The predicted molar refractivity (Wildman–Crippen MR) is 122 cm³/mol. The summed E-state index contributed by atoms with van der Waals surface area (Å²) in [7, 11) is 1.58. The number of para-hydroxylation sites is 1. The number of ether oxygens (including phenoxy) is 1. The van der Waals surface area contributed by atoms with Gasteiger partial charge >= 0.3 is 11.8 Å². The van der Waals surface area contributed by atoms with Crippen LogP contribution in [-0.2, 0) is 22.7 Å². The number of amides is 3. The van der Waals surface area contributed by atoms with Gasteiger partial charge in [-0.15, -0.1) is 0 Å². The Labute approximate surface area is 186 Å². The fourth-order valence-electron chi connectivity index (χ4n) is 3.00. The summed E-state index contributed by atoms with van der Waals surface area (Å²) in [6.45, 7) is 2.49. The van der Waals surface area contributed by atoms with Crippen molar-refractivity contribution in [1.82, 2.24) is 10.6 Å². The first-order valence-electron chi connectivity index (χ1n) is 10.1. The van der Waals surface area contributed by atoms with Crippen LogP contribution in [0.1, 0.15) is 27.0 Å². The highest BCUT2D eigenvalue weighted by Gasteiger charge is 2.17. The van der Waals surface area contributed by atoms with Gasteiger partial charge in [0.05, 0.1) is 18.4 Å². The topological polar surface area (TPSA) is 96.5 Å². The first kappa shape index (κ1) is 22.6. The Balaban J connectivity index is 1.59. The molecule has 0 radical (unpaired) electrons. The quantitative estimate of drug-likeness (QED) is 0.501. The van der Waals surface area contributed by atoms with Gasteiger partial charge in [0.2, 0.25) is 0 Å². The van der Waals surface area contributed by atoms with Crippen LogP contribution < -0.4 is 20.7 Å². The SMILES string of the molecule is COc1cccc(CNC(=O)c2ccccc2NC(=O)C(=O)NCc2ccc(C)cc2)c1. The second kappa shape index (κ2) is 10.8. The minimum atomic E-state index is -0.842. The number of benzene rings is 3. The maximum absolute atomic E-state index is 12.7. The van der Waals surface area contributed by atoms with Crippen molar-refractivity contribution in [2.75, 3.05) is 12.4 Å². The number of anilines is 1. The van der Waals surface area contributed by atoms with Crippen LogP contribution in [0.5, 0.6) is 5.75 Å². The van der Waals surface area contributed by atoms with Crippen LogP contribution in [0.4, 0.5) is 5.69 Å². The molecule has 0 saturated carbocycles. The summed E-state index contributed by atoms with van der Waals surface area (Å²) in [5.74, 6) is -1.30. The van der Waals surface area contributed by atoms with Gasteiger partial charge in [0.25, 0.3) is 5.91 Å². The van der Waals surface area contributed by atoms with Gasteiger partial charge < -0.3 is 20.7 Å². The molecule has 0 aliphatic carbocycles. The van der Waals surface area contributed by atoms with E-state index in [1.165, 1.54) is 0 Å². The first-order chi connectivity index (χ1) is 15.5. The molecule has 3 amide bonds. The van der Waals surface area contributed by atoms with Crippen LogP contribution >= 0.6 is 0 Å². The molecule has 0 aliphatic rings. The van der Waals surface area contributed by atoms with Gasteiger partial charge in [0, 0.05) is 13.1 Å². The highest BCUT2D eigenvalue weighted by atomic mass is 16.5. The molecule has 0 unspecified atom stereocenters. The fraction of sp³-hybridized carbons (Fsp3) is 0.160. The average Bonchev–Trinajstić information content (AvgIpc) is 2.82. The largest absolute Gasteiger partial charge is 0.497 e. The lowest BCUT2D eigenvalue weighted by molar-refractivity contribution is -0.136. The molecular weight excluding hydrogens is 406 g/mol. The third kappa shape index (κ3) is 6.18. The van der Waals surface area contributed by atoms with Crippen molar-refractivity contribution in [2.45, 2.75) is 20.0 Å². The minimum Gasteiger partial charge on any atom is -0.497 e. The molecule has 0 spiro atoms. The Morgan fingerprint density at radius 2 is 1.50 bits per heavy atom. The Bertz CT molecular complexity index is 1110. The van der Waals surface area contributed by atoms with Gasteiger partial charge in [-0.3, -0.25) is 14.4 Å². The second-order valence-electron chi connectivity index (χ2n) is 7.20. The van der Waals surface area contributed by atoms with Gasteiger partial charge in [-0.25, -0.2) is 0 Å². The van der Waals surface area contributed by atoms with E-state index in [2.05, 4.69) is 16.0 Å². The highest BCUT2D eigenvalue weighted by molar-refractivity contribution is 6.40. The molecule has 0 saturated heterocycles. The van der Waals surface area contributed by atoms with Gasteiger partial charge in [0.15, 0.2) is 0 Å². The van der Waals surface area contributed by atoms with E-state index in [0.717, 1.165) is 16.7 Å². The molecule has 3 aromatic rings. The maximum Gasteiger partial charge on any atom is 0.313 e. The number of aryl methyl sites for hydroxylation is 1. The first-order valence-corrected chi connectivity index (χ1v) is 10.1. The summed E-state index contributed by atoms with van der Waals surface area (Å²) in [5, 5.41) is 7.92. The molecule has 3 rings (SSSR count). The molecule has 0 fully saturated rings. The van der Waals surface area contributed by atoms with Gasteiger partial charge in [-0.2, -0.15) is 0 Å². The molecule has 7 nitrogen and oxygen atoms in total. The van der Waals surface area contributed by atoms with E-state index in [1.807, 2.05) is 55.5 Å². The van der Waals surface area contributed by atoms with Gasteiger partial charge in [-0.1, -0.05) is 54.1 Å². The molecule has 3 aromatic carbocycles. The third-order valence-corrected chi connectivity index (χ3v) is 4.79. The Kier molecular flexibility index (Phi) is 7.59. The van der Waals surface area contributed by atoms with Crippen LogP contribution in [0.15, 0.2) is 72.8 Å². The Morgan fingerprint density at radius 1 is 0.781 bits per heavy atom. The molecule has 0 atom stereocenters. The second-order valence-corrected chi connectivity index (χ2v) is 7.20. The van der Waals surface area contributed by atoms with Crippen LogP contribution in [0, 0.1) is 6.92 Å². The zero-order chi connectivity index (χ0) is 22.9. The van der Waals surface area contributed by atoms with E-state index in [9.17, 15) is 14.4 Å². The number of hydrogen-bond acceptors (Lipinski definition) is 4. The lowest BCUT2D eigenvalue weighted by Gasteiger charge is -2.12. The van der Waals surface area contributed by atoms with E-state index in [0.29, 0.717) is 5.75 Å². The van der Waals surface area contributed by atoms with Gasteiger partial charge in [-0.05, 0) is 42.3 Å². The van der Waals surface area contributed by atoms with E-state index >= 15 is 0 Å². The molecule has 7 heteroatoms. The Morgan fingerprint density at radius 3 is 2.25 bits per heavy atom. The number of carbonyl (C=O) groups is 3. The normalized spacial score (nSPS) is 10.2. The van der Waals surface area contributed by atoms with Crippen molar-refractivity contribution in [3.63, 3.8) is 0 Å². The molecule has 0 heterocycles. The van der Waals surface area contributed by atoms with E-state index in [-0.39, 0.29) is 30.2 Å². The molecule has 3 N–H and O–H groups in total. The fourth-order valence-corrected chi connectivity index (χ4v) is 3.00. The highest BCUT2D eigenvalue weighted by Crippen LogP contribution is 2.16. The zero-order valence-electron chi connectivity index (χ0n) is 18.0. The Hall–Kier alpha value is -4.13. The summed E-state index contributed by atoms with van der Waals surface area (Å²) >= 11 is 0. The number of carbonyl (C=O) groups excluding carboxylic acids is 3. The molecule has 164 valence electrons. The molecule has 32 heavy (non-hydrogen) atoms. The lowest BCUT2D eigenvalue weighted by atomic mass is 10.1. The van der Waals surface area contributed by atoms with Crippen molar-refractivity contribution in [1.29, 1.82) is 0 Å². The standard InChI is InChI=1S/C25H25N3O4/c1-17-10-12-18(13-11-17)15-27-24(30)25(31)28-22-9-4-3-8-21(22)23(29)26-16-19-6-5-7-20(14-19)32-2/h3-14H,15-16H2,1-2H3,(H,26,29)(H,27,30)(H,28,31). The number of rotatable bonds is 7. The summed E-state index contributed by atoms with van der Waals surface area (Å²) in [5.41, 5.74) is 3.38. The summed E-state index contributed by atoms with van der Waals surface area (Å²) in [6.07, 6.45) is 0. The predicted octanol–water partition coefficient (Wildman–Crippen LogP) is 3.19. The van der Waals surface area contributed by atoms with Crippen molar-refractivity contribution in [3.05, 3.63) is 95.1 Å². The summed E-state index contributed by atoms with van der Waals surface area (Å²) < 4.78 is 5.19. The summed E-state index contributed by atoms with van der Waals surface area (Å²) in [4.78, 5) is 37.2. The monoisotopic (exact) mass is 431 g/mol. The number of hydrogen-bond donors (Lipinski definition) is 3. The summed E-state index contributed by atoms with van der Waals surface area (Å²) in [6, 6.07) is 21.5. The molecular formula is C25H25N3O4. The van der Waals surface area contributed by atoms with Crippen molar-refractivity contribution in [2.24, 2.45) is 0 Å². The van der Waals surface area contributed by atoms with Crippen molar-refractivity contribution >= 4 is 23.4 Å². The van der Waals surface area contributed by atoms with E-state index in [4.69, 9.17) is 4.74 Å². The van der Waals surface area contributed by atoms with Gasteiger partial charge in [0.1, 0.15) is 5.75 Å². The molecule has 0 aliphatic heterocycles. The number of methoxy groups -OCH3 is 1. The van der Waals surface area contributed by atoms with E-state index in [1.54, 1.807) is 31.4 Å². The van der Waals surface area contributed by atoms with E-state index < -0.39 is 11.8 Å². The third-order valence-electron chi connectivity index (χ3n) is 4.79. The smallest absolute Gasteiger partial charge is 0.313 e. The molecule has 0 bridgehead atoms. The zero-order valence-corrected chi connectivity index (χ0v) is 18.0. The van der Waals surface area contributed by atoms with Crippen LogP contribution in [-0.4, -0.2) is 24.8 Å². The number of nitrogens with one attached hydrogen (secondary N) is 3. The van der Waals surface area contributed by atoms with Crippen LogP contribution in [0.2, 0.25) is 0 Å². The van der Waals surface area contributed by atoms with Crippen LogP contribution in [0.25, 0.3) is 0 Å². The molecule has 0 aromatic heterocycles. The van der Waals surface area contributed by atoms with Crippen molar-refractivity contribution in [3.8, 4) is 5.75 Å². The lowest BCUT2D eigenvalue weighted by Crippen LogP contribution is -2.35. The van der Waals surface area contributed by atoms with Crippen molar-refractivity contribution < 1.29 is 19.1 Å². The van der Waals surface area contributed by atoms with Crippen LogP contribution in [0.3, 0.4) is 0 Å². The maximum atomic E-state index is 12.7. The average molecular weight is 431 g/mol.